The second-order valence-electron chi connectivity index (χ2n) is 6.18. The first-order valence-corrected chi connectivity index (χ1v) is 9.74. The molecule has 2 aromatic rings. The van der Waals surface area contributed by atoms with Gasteiger partial charge in [0.15, 0.2) is 9.84 Å². The zero-order valence-corrected chi connectivity index (χ0v) is 14.9. The number of sulfone groups is 1. The van der Waals surface area contributed by atoms with E-state index < -0.39 is 9.84 Å². The van der Waals surface area contributed by atoms with Crippen LogP contribution in [0.1, 0.15) is 17.7 Å². The molecule has 1 saturated heterocycles. The number of hydrogen-bond donors (Lipinski definition) is 1. The molecule has 0 saturated carbocycles. The molecule has 1 aliphatic rings. The van der Waals surface area contributed by atoms with E-state index in [-0.39, 0.29) is 17.5 Å². The highest BCUT2D eigenvalue weighted by Crippen LogP contribution is 2.23. The Hall–Kier alpha value is -2.66. The lowest BCUT2D eigenvalue weighted by Crippen LogP contribution is -2.34. The summed E-state index contributed by atoms with van der Waals surface area (Å²) in [5.41, 5.74) is 2.19. The molecule has 0 aliphatic carbocycles. The summed E-state index contributed by atoms with van der Waals surface area (Å²) < 4.78 is 23.4. The molecule has 1 aliphatic heterocycles. The molecule has 1 aromatic heterocycles. The van der Waals surface area contributed by atoms with Gasteiger partial charge in [0.2, 0.25) is 5.95 Å². The average Bonchev–Trinajstić information content (AvgIpc) is 2.94. The molecule has 0 amide bonds. The van der Waals surface area contributed by atoms with Crippen LogP contribution in [0, 0.1) is 18.3 Å². The Kier molecular flexibility index (Phi) is 4.59. The first-order valence-electron chi connectivity index (χ1n) is 7.92. The molecule has 1 unspecified atom stereocenters. The Morgan fingerprint density at radius 3 is 2.60 bits per heavy atom. The van der Waals surface area contributed by atoms with Crippen LogP contribution in [0.3, 0.4) is 0 Å². The van der Waals surface area contributed by atoms with E-state index in [1.165, 1.54) is 0 Å². The van der Waals surface area contributed by atoms with Crippen LogP contribution < -0.4 is 10.2 Å². The molecular formula is C17H19N5O2S. The van der Waals surface area contributed by atoms with Gasteiger partial charge in [-0.3, -0.25) is 0 Å². The van der Waals surface area contributed by atoms with Crippen molar-refractivity contribution >= 4 is 27.3 Å². The van der Waals surface area contributed by atoms with Gasteiger partial charge < -0.3 is 10.2 Å². The van der Waals surface area contributed by atoms with Crippen LogP contribution in [0.25, 0.3) is 0 Å². The maximum absolute atomic E-state index is 11.7. The van der Waals surface area contributed by atoms with E-state index in [1.54, 1.807) is 12.1 Å². The van der Waals surface area contributed by atoms with Crippen LogP contribution >= 0.6 is 0 Å². The Morgan fingerprint density at radius 2 is 2.00 bits per heavy atom. The third kappa shape index (κ3) is 4.06. The van der Waals surface area contributed by atoms with E-state index in [1.807, 2.05) is 37.1 Å². The van der Waals surface area contributed by atoms with Crippen molar-refractivity contribution in [2.45, 2.75) is 19.4 Å². The monoisotopic (exact) mass is 357 g/mol. The van der Waals surface area contributed by atoms with Crippen LogP contribution in [-0.4, -0.2) is 43.0 Å². The van der Waals surface area contributed by atoms with Crippen molar-refractivity contribution < 1.29 is 8.42 Å². The molecule has 8 heteroatoms. The highest BCUT2D eigenvalue weighted by Gasteiger charge is 2.31. The largest absolute Gasteiger partial charge is 0.340 e. The van der Waals surface area contributed by atoms with Gasteiger partial charge in [0.1, 0.15) is 5.82 Å². The van der Waals surface area contributed by atoms with Crippen molar-refractivity contribution in [3.05, 3.63) is 41.6 Å². The maximum atomic E-state index is 11.7. The molecule has 7 nitrogen and oxygen atoms in total. The minimum Gasteiger partial charge on any atom is -0.340 e. The number of nitriles is 1. The topological polar surface area (TPSA) is 99.0 Å². The molecule has 0 spiro atoms. The summed E-state index contributed by atoms with van der Waals surface area (Å²) in [7, 11) is -1.14. The van der Waals surface area contributed by atoms with Crippen LogP contribution in [-0.2, 0) is 9.84 Å². The SMILES string of the molecule is Cc1cc(Nc2ccc(C#N)cc2)nc(N(C)C2CCS(=O)(=O)C2)n1. The fraction of sp³-hybridized carbons (Fsp3) is 0.353. The Labute approximate surface area is 147 Å². The summed E-state index contributed by atoms with van der Waals surface area (Å²) in [5.74, 6) is 1.47. The minimum absolute atomic E-state index is 0.102. The fourth-order valence-corrected chi connectivity index (χ4v) is 4.57. The van der Waals surface area contributed by atoms with E-state index in [0.717, 1.165) is 11.4 Å². The van der Waals surface area contributed by atoms with Crippen LogP contribution in [0.15, 0.2) is 30.3 Å². The third-order valence-electron chi connectivity index (χ3n) is 4.20. The van der Waals surface area contributed by atoms with Gasteiger partial charge in [-0.05, 0) is 37.6 Å². The van der Waals surface area contributed by atoms with Gasteiger partial charge in [-0.1, -0.05) is 0 Å². The van der Waals surface area contributed by atoms with Gasteiger partial charge >= 0.3 is 0 Å². The van der Waals surface area contributed by atoms with Gasteiger partial charge in [0, 0.05) is 30.5 Å². The molecule has 3 rings (SSSR count). The maximum Gasteiger partial charge on any atom is 0.227 e. The van der Waals surface area contributed by atoms with E-state index in [9.17, 15) is 8.42 Å². The highest BCUT2D eigenvalue weighted by molar-refractivity contribution is 7.91. The smallest absolute Gasteiger partial charge is 0.227 e. The number of nitrogens with zero attached hydrogens (tertiary/aromatic N) is 4. The fourth-order valence-electron chi connectivity index (χ4n) is 2.79. The van der Waals surface area contributed by atoms with E-state index in [4.69, 9.17) is 5.26 Å². The van der Waals surface area contributed by atoms with Gasteiger partial charge in [-0.2, -0.15) is 10.2 Å². The van der Waals surface area contributed by atoms with Crippen molar-refractivity contribution in [2.75, 3.05) is 28.8 Å². The Morgan fingerprint density at radius 1 is 1.28 bits per heavy atom. The molecule has 0 bridgehead atoms. The molecule has 130 valence electrons. The Bertz CT molecular complexity index is 919. The van der Waals surface area contributed by atoms with Crippen LogP contribution in [0.4, 0.5) is 17.5 Å². The number of nitrogens with one attached hydrogen (secondary N) is 1. The molecular weight excluding hydrogens is 338 g/mol. The van der Waals surface area contributed by atoms with E-state index in [2.05, 4.69) is 21.4 Å². The molecule has 0 radical (unpaired) electrons. The van der Waals surface area contributed by atoms with Crippen LogP contribution in [0.5, 0.6) is 0 Å². The summed E-state index contributed by atoms with van der Waals surface area (Å²) in [6.45, 7) is 1.87. The van der Waals surface area contributed by atoms with E-state index in [0.29, 0.717) is 23.8 Å². The molecule has 25 heavy (non-hydrogen) atoms. The third-order valence-corrected chi connectivity index (χ3v) is 5.95. The first-order chi connectivity index (χ1) is 11.9. The zero-order valence-electron chi connectivity index (χ0n) is 14.1. The predicted molar refractivity (Wildman–Crippen MR) is 96.7 cm³/mol. The first kappa shape index (κ1) is 17.2. The van der Waals surface area contributed by atoms with Crippen LogP contribution in [0.2, 0.25) is 0 Å². The van der Waals surface area contributed by atoms with E-state index >= 15 is 0 Å². The molecule has 1 fully saturated rings. The summed E-state index contributed by atoms with van der Waals surface area (Å²) >= 11 is 0. The average molecular weight is 357 g/mol. The molecule has 1 aromatic carbocycles. The zero-order chi connectivity index (χ0) is 18.0. The number of benzene rings is 1. The summed E-state index contributed by atoms with van der Waals surface area (Å²) in [6, 6.07) is 10.9. The number of rotatable bonds is 4. The van der Waals surface area contributed by atoms with Gasteiger partial charge in [0.25, 0.3) is 0 Å². The van der Waals surface area contributed by atoms with Crippen molar-refractivity contribution in [1.29, 1.82) is 5.26 Å². The standard InChI is InChI=1S/C17H19N5O2S/c1-12-9-16(20-14-5-3-13(10-18)4-6-14)21-17(19-12)22(2)15-7-8-25(23,24)11-15/h3-6,9,15H,7-8,11H2,1-2H3,(H,19,20,21). The minimum atomic E-state index is -2.96. The predicted octanol–water partition coefficient (Wildman–Crippen LogP) is 2.02. The van der Waals surface area contributed by atoms with Crippen molar-refractivity contribution in [3.63, 3.8) is 0 Å². The molecule has 1 N–H and O–H groups in total. The van der Waals surface area contributed by atoms with Gasteiger partial charge in [-0.25, -0.2) is 13.4 Å². The normalized spacial score (nSPS) is 18.5. The summed E-state index contributed by atoms with van der Waals surface area (Å²) in [4.78, 5) is 10.8. The van der Waals surface area contributed by atoms with Crippen molar-refractivity contribution in [2.24, 2.45) is 0 Å². The lowest BCUT2D eigenvalue weighted by Gasteiger charge is -2.24. The van der Waals surface area contributed by atoms with Gasteiger partial charge in [-0.15, -0.1) is 0 Å². The molecule has 2 heterocycles. The quantitative estimate of drug-likeness (QED) is 0.893. The highest BCUT2D eigenvalue weighted by atomic mass is 32.2. The van der Waals surface area contributed by atoms with Crippen molar-refractivity contribution in [3.8, 4) is 6.07 Å². The second-order valence-corrected chi connectivity index (χ2v) is 8.41. The number of aromatic nitrogens is 2. The number of anilines is 3. The Balaban J connectivity index is 1.81. The number of aryl methyl sites for hydroxylation is 1. The van der Waals surface area contributed by atoms with Crippen molar-refractivity contribution in [1.82, 2.24) is 9.97 Å². The second kappa shape index (κ2) is 6.69. The summed E-state index contributed by atoms with van der Waals surface area (Å²) in [6.07, 6.45) is 0.592. The lowest BCUT2D eigenvalue weighted by atomic mass is 10.2. The number of hydrogen-bond acceptors (Lipinski definition) is 7. The summed E-state index contributed by atoms with van der Waals surface area (Å²) in [5, 5.41) is 12.0. The molecule has 1 atom stereocenters. The lowest BCUT2D eigenvalue weighted by molar-refractivity contribution is 0.600. The van der Waals surface area contributed by atoms with Gasteiger partial charge in [0.05, 0.1) is 23.1 Å².